The van der Waals surface area contributed by atoms with E-state index in [9.17, 15) is 4.79 Å². The first-order valence-corrected chi connectivity index (χ1v) is 4.57. The molecule has 0 aliphatic rings. The zero-order valence-electron chi connectivity index (χ0n) is 7.32. The van der Waals surface area contributed by atoms with E-state index in [0.717, 1.165) is 12.8 Å². The number of hydrogen-bond acceptors (Lipinski definition) is 1. The van der Waals surface area contributed by atoms with Crippen molar-refractivity contribution < 1.29 is 4.79 Å². The van der Waals surface area contributed by atoms with Crippen LogP contribution in [0, 0.1) is 11.8 Å². The molecule has 0 aromatic carbocycles. The van der Waals surface area contributed by atoms with Gasteiger partial charge in [0.2, 0.25) is 5.91 Å². The first-order valence-electron chi connectivity index (χ1n) is 4.03. The van der Waals surface area contributed by atoms with Crippen LogP contribution in [0.1, 0.15) is 26.2 Å². The van der Waals surface area contributed by atoms with Crippen LogP contribution in [0.3, 0.4) is 0 Å². The van der Waals surface area contributed by atoms with E-state index in [4.69, 9.17) is 11.6 Å². The highest BCUT2D eigenvalue weighted by Gasteiger charge is 1.97. The summed E-state index contributed by atoms with van der Waals surface area (Å²) >= 11 is 5.46. The maximum absolute atomic E-state index is 11.0. The molecule has 1 amide bonds. The number of unbranched alkanes of at least 4 members (excludes halogenated alkanes) is 1. The lowest BCUT2D eigenvalue weighted by Crippen LogP contribution is -2.23. The number of hydrogen-bond donors (Lipinski definition) is 1. The molecule has 0 atom stereocenters. The van der Waals surface area contributed by atoms with Gasteiger partial charge in [0.25, 0.3) is 0 Å². The maximum Gasteiger partial charge on any atom is 0.220 e. The van der Waals surface area contributed by atoms with Crippen LogP contribution < -0.4 is 5.32 Å². The predicted molar refractivity (Wildman–Crippen MR) is 51.0 cm³/mol. The number of carbonyl (C=O) groups is 1. The Kier molecular flexibility index (Phi) is 7.94. The fourth-order valence-electron chi connectivity index (χ4n) is 0.700. The Hall–Kier alpha value is -0.680. The molecule has 2 nitrogen and oxygen atoms in total. The van der Waals surface area contributed by atoms with E-state index in [0.29, 0.717) is 18.8 Å². The van der Waals surface area contributed by atoms with Crippen LogP contribution in [0.2, 0.25) is 0 Å². The summed E-state index contributed by atoms with van der Waals surface area (Å²) in [6, 6.07) is 0. The Morgan fingerprint density at radius 2 is 2.25 bits per heavy atom. The first kappa shape index (κ1) is 11.3. The van der Waals surface area contributed by atoms with Gasteiger partial charge < -0.3 is 5.32 Å². The Morgan fingerprint density at radius 3 is 2.83 bits per heavy atom. The lowest BCUT2D eigenvalue weighted by atomic mass is 10.2. The van der Waals surface area contributed by atoms with Crippen molar-refractivity contribution in [2.45, 2.75) is 26.2 Å². The predicted octanol–water partition coefficient (Wildman–Crippen LogP) is 1.53. The molecule has 0 bridgehead atoms. The minimum atomic E-state index is 0.0582. The molecule has 12 heavy (non-hydrogen) atoms. The number of halogens is 1. The lowest BCUT2D eigenvalue weighted by molar-refractivity contribution is -0.120. The van der Waals surface area contributed by atoms with E-state index in [-0.39, 0.29) is 5.91 Å². The average molecular weight is 188 g/mol. The van der Waals surface area contributed by atoms with E-state index < -0.39 is 0 Å². The second kappa shape index (κ2) is 8.42. The highest BCUT2D eigenvalue weighted by molar-refractivity contribution is 6.17. The fourth-order valence-corrected chi connectivity index (χ4v) is 0.889. The zero-order chi connectivity index (χ0) is 9.23. The van der Waals surface area contributed by atoms with Crippen LogP contribution >= 0.6 is 11.6 Å². The molecule has 0 spiro atoms. The van der Waals surface area contributed by atoms with Crippen LogP contribution in [-0.2, 0) is 4.79 Å². The SMILES string of the molecule is CC#CCNC(=O)CCCCCl. The molecule has 0 unspecified atom stereocenters. The summed E-state index contributed by atoms with van der Waals surface area (Å²) in [6.07, 6.45) is 2.31. The van der Waals surface area contributed by atoms with Gasteiger partial charge in [0.05, 0.1) is 6.54 Å². The van der Waals surface area contributed by atoms with Gasteiger partial charge in [0.1, 0.15) is 0 Å². The molecule has 0 radical (unpaired) electrons. The van der Waals surface area contributed by atoms with Gasteiger partial charge in [0, 0.05) is 12.3 Å². The molecular weight excluding hydrogens is 174 g/mol. The molecule has 0 aromatic rings. The van der Waals surface area contributed by atoms with Gasteiger partial charge in [-0.05, 0) is 19.8 Å². The summed E-state index contributed by atoms with van der Waals surface area (Å²) in [4.78, 5) is 11.0. The maximum atomic E-state index is 11.0. The van der Waals surface area contributed by atoms with Gasteiger partial charge in [-0.15, -0.1) is 17.5 Å². The summed E-state index contributed by atoms with van der Waals surface area (Å²) in [7, 11) is 0. The van der Waals surface area contributed by atoms with Crippen molar-refractivity contribution in [2.24, 2.45) is 0 Å². The van der Waals surface area contributed by atoms with Gasteiger partial charge in [-0.2, -0.15) is 0 Å². The Bertz CT molecular complexity index is 181. The Balaban J connectivity index is 3.25. The minimum absolute atomic E-state index is 0.0582. The van der Waals surface area contributed by atoms with E-state index in [1.807, 2.05) is 0 Å². The second-order valence-corrected chi connectivity index (χ2v) is 2.73. The van der Waals surface area contributed by atoms with Crippen LogP contribution in [0.15, 0.2) is 0 Å². The van der Waals surface area contributed by atoms with Crippen molar-refractivity contribution in [1.82, 2.24) is 5.32 Å². The molecular formula is C9H14ClNO. The largest absolute Gasteiger partial charge is 0.345 e. The van der Waals surface area contributed by atoms with Crippen LogP contribution in [0.4, 0.5) is 0 Å². The average Bonchev–Trinajstić information content (AvgIpc) is 2.06. The van der Waals surface area contributed by atoms with Gasteiger partial charge in [-0.1, -0.05) is 5.92 Å². The lowest BCUT2D eigenvalue weighted by Gasteiger charge is -1.99. The van der Waals surface area contributed by atoms with E-state index in [1.54, 1.807) is 6.92 Å². The minimum Gasteiger partial charge on any atom is -0.345 e. The zero-order valence-corrected chi connectivity index (χ0v) is 8.08. The monoisotopic (exact) mass is 187 g/mol. The van der Waals surface area contributed by atoms with Crippen molar-refractivity contribution in [3.63, 3.8) is 0 Å². The van der Waals surface area contributed by atoms with Crippen LogP contribution in [0.5, 0.6) is 0 Å². The highest BCUT2D eigenvalue weighted by atomic mass is 35.5. The number of nitrogens with one attached hydrogen (secondary N) is 1. The summed E-state index contributed by atoms with van der Waals surface area (Å²) in [6.45, 7) is 2.20. The van der Waals surface area contributed by atoms with E-state index in [2.05, 4.69) is 17.2 Å². The van der Waals surface area contributed by atoms with Crippen molar-refractivity contribution >= 4 is 17.5 Å². The molecule has 0 rings (SSSR count). The summed E-state index contributed by atoms with van der Waals surface area (Å²) in [5.74, 6) is 6.15. The smallest absolute Gasteiger partial charge is 0.220 e. The quantitative estimate of drug-likeness (QED) is 0.395. The van der Waals surface area contributed by atoms with E-state index >= 15 is 0 Å². The second-order valence-electron chi connectivity index (χ2n) is 2.35. The van der Waals surface area contributed by atoms with Crippen molar-refractivity contribution in [2.75, 3.05) is 12.4 Å². The Labute approximate surface area is 78.7 Å². The van der Waals surface area contributed by atoms with Crippen LogP contribution in [-0.4, -0.2) is 18.3 Å². The molecule has 68 valence electrons. The molecule has 0 aliphatic carbocycles. The van der Waals surface area contributed by atoms with Gasteiger partial charge in [-0.25, -0.2) is 0 Å². The third kappa shape index (κ3) is 7.43. The normalized spacial score (nSPS) is 8.50. The van der Waals surface area contributed by atoms with Gasteiger partial charge in [-0.3, -0.25) is 4.79 Å². The number of rotatable bonds is 5. The summed E-state index contributed by atoms with van der Waals surface area (Å²) in [5, 5.41) is 2.69. The van der Waals surface area contributed by atoms with Gasteiger partial charge >= 0.3 is 0 Å². The molecule has 0 aliphatic heterocycles. The molecule has 0 aromatic heterocycles. The molecule has 0 saturated heterocycles. The standard InChI is InChI=1S/C9H14ClNO/c1-2-3-8-11-9(12)6-4-5-7-10/h4-8H2,1H3,(H,11,12). The van der Waals surface area contributed by atoms with Crippen molar-refractivity contribution in [1.29, 1.82) is 0 Å². The van der Waals surface area contributed by atoms with E-state index in [1.165, 1.54) is 0 Å². The topological polar surface area (TPSA) is 29.1 Å². The molecule has 0 heterocycles. The molecule has 1 N–H and O–H groups in total. The van der Waals surface area contributed by atoms with Crippen molar-refractivity contribution in [3.05, 3.63) is 0 Å². The molecule has 0 saturated carbocycles. The number of carbonyl (C=O) groups excluding carboxylic acids is 1. The Morgan fingerprint density at radius 1 is 1.50 bits per heavy atom. The van der Waals surface area contributed by atoms with Gasteiger partial charge in [0.15, 0.2) is 0 Å². The fraction of sp³-hybridized carbons (Fsp3) is 0.667. The highest BCUT2D eigenvalue weighted by Crippen LogP contribution is 1.96. The summed E-state index contributed by atoms with van der Waals surface area (Å²) in [5.41, 5.74) is 0. The number of alkyl halides is 1. The number of amides is 1. The first-order chi connectivity index (χ1) is 5.81. The third-order valence-corrected chi connectivity index (χ3v) is 1.61. The third-order valence-electron chi connectivity index (χ3n) is 1.34. The summed E-state index contributed by atoms with van der Waals surface area (Å²) < 4.78 is 0. The molecule has 0 fully saturated rings. The molecule has 3 heteroatoms. The van der Waals surface area contributed by atoms with Crippen LogP contribution in [0.25, 0.3) is 0 Å². The van der Waals surface area contributed by atoms with Crippen molar-refractivity contribution in [3.8, 4) is 11.8 Å².